The van der Waals surface area contributed by atoms with E-state index in [0.29, 0.717) is 5.69 Å². The highest BCUT2D eigenvalue weighted by molar-refractivity contribution is 7.92. The molecule has 0 spiro atoms. The quantitative estimate of drug-likeness (QED) is 0.625. The Kier molecular flexibility index (Phi) is 8.44. The first kappa shape index (κ1) is 25.4. The average Bonchev–Trinajstić information content (AvgIpc) is 2.69. The zero-order valence-electron chi connectivity index (χ0n) is 19.6. The topological polar surface area (TPSA) is 86.8 Å². The van der Waals surface area contributed by atoms with E-state index in [1.54, 1.807) is 13.0 Å². The zero-order valence-corrected chi connectivity index (χ0v) is 20.4. The molecule has 0 saturated heterocycles. The molecule has 0 aliphatic carbocycles. The molecule has 0 fully saturated rings. The van der Waals surface area contributed by atoms with Crippen LogP contribution in [-0.4, -0.2) is 50.0 Å². The summed E-state index contributed by atoms with van der Waals surface area (Å²) in [6, 6.07) is 13.9. The Balaban J connectivity index is 2.40. The highest BCUT2D eigenvalue weighted by Gasteiger charge is 2.30. The second kappa shape index (κ2) is 10.6. The van der Waals surface area contributed by atoms with Gasteiger partial charge in [0.25, 0.3) is 0 Å². The summed E-state index contributed by atoms with van der Waals surface area (Å²) in [6.45, 7) is 8.88. The molecule has 0 aromatic heterocycles. The number of hydrogen-bond acceptors (Lipinski definition) is 4. The lowest BCUT2D eigenvalue weighted by atomic mass is 10.1. The molecule has 7 nitrogen and oxygen atoms in total. The van der Waals surface area contributed by atoms with Crippen LogP contribution < -0.4 is 9.62 Å². The predicted molar refractivity (Wildman–Crippen MR) is 128 cm³/mol. The van der Waals surface area contributed by atoms with Crippen LogP contribution in [0.2, 0.25) is 0 Å². The number of carbonyl (C=O) groups excluding carboxylic acids is 2. The number of sulfonamides is 1. The van der Waals surface area contributed by atoms with Crippen molar-refractivity contribution in [3.05, 3.63) is 65.2 Å². The van der Waals surface area contributed by atoms with Crippen molar-refractivity contribution < 1.29 is 18.0 Å². The summed E-state index contributed by atoms with van der Waals surface area (Å²) in [5.74, 6) is -0.743. The van der Waals surface area contributed by atoms with Gasteiger partial charge in [0, 0.05) is 12.6 Å². The van der Waals surface area contributed by atoms with Crippen LogP contribution >= 0.6 is 0 Å². The van der Waals surface area contributed by atoms with Crippen LogP contribution in [-0.2, 0) is 26.2 Å². The van der Waals surface area contributed by atoms with E-state index in [4.69, 9.17) is 0 Å². The molecule has 1 N–H and O–H groups in total. The first-order valence-electron chi connectivity index (χ1n) is 10.6. The molecule has 2 rings (SSSR count). The van der Waals surface area contributed by atoms with Gasteiger partial charge in [0.1, 0.15) is 12.6 Å². The number of nitrogens with zero attached hydrogens (tertiary/aromatic N) is 2. The molecule has 0 aliphatic rings. The van der Waals surface area contributed by atoms with Crippen molar-refractivity contribution >= 4 is 27.5 Å². The van der Waals surface area contributed by atoms with Gasteiger partial charge in [-0.2, -0.15) is 0 Å². The SMILES string of the molecule is Cc1ccc(N(CC(=O)N(Cc2ccccc2)C(C)C(=O)NC(C)C)S(C)(=O)=O)c(C)c1. The van der Waals surface area contributed by atoms with Crippen LogP contribution in [0.1, 0.15) is 37.5 Å². The molecule has 1 atom stereocenters. The molecule has 2 aromatic carbocycles. The third-order valence-corrected chi connectivity index (χ3v) is 6.22. The third kappa shape index (κ3) is 6.82. The number of benzene rings is 2. The molecular formula is C24H33N3O4S. The van der Waals surface area contributed by atoms with E-state index in [2.05, 4.69) is 5.32 Å². The first-order valence-corrected chi connectivity index (χ1v) is 12.4. The van der Waals surface area contributed by atoms with Crippen LogP contribution in [0.25, 0.3) is 0 Å². The Labute approximate surface area is 191 Å². The fourth-order valence-electron chi connectivity index (χ4n) is 3.45. The number of anilines is 1. The Bertz CT molecular complexity index is 1050. The minimum Gasteiger partial charge on any atom is -0.352 e. The highest BCUT2D eigenvalue weighted by Crippen LogP contribution is 2.24. The lowest BCUT2D eigenvalue weighted by Gasteiger charge is -2.32. The van der Waals surface area contributed by atoms with Crippen molar-refractivity contribution in [2.24, 2.45) is 0 Å². The molecule has 8 heteroatoms. The van der Waals surface area contributed by atoms with Gasteiger partial charge < -0.3 is 10.2 Å². The lowest BCUT2D eigenvalue weighted by Crippen LogP contribution is -2.52. The zero-order chi connectivity index (χ0) is 24.1. The van der Waals surface area contributed by atoms with Gasteiger partial charge in [0.15, 0.2) is 0 Å². The van der Waals surface area contributed by atoms with Crippen molar-refractivity contribution in [3.8, 4) is 0 Å². The molecule has 174 valence electrons. The van der Waals surface area contributed by atoms with E-state index in [9.17, 15) is 18.0 Å². The number of hydrogen-bond donors (Lipinski definition) is 1. The van der Waals surface area contributed by atoms with Crippen LogP contribution in [0.5, 0.6) is 0 Å². The average molecular weight is 460 g/mol. The number of rotatable bonds is 9. The van der Waals surface area contributed by atoms with Crippen molar-refractivity contribution in [3.63, 3.8) is 0 Å². The summed E-state index contributed by atoms with van der Waals surface area (Å²) >= 11 is 0. The molecular weight excluding hydrogens is 426 g/mol. The van der Waals surface area contributed by atoms with Gasteiger partial charge in [-0.05, 0) is 51.8 Å². The second-order valence-corrected chi connectivity index (χ2v) is 10.3. The lowest BCUT2D eigenvalue weighted by molar-refractivity contribution is -0.139. The van der Waals surface area contributed by atoms with E-state index in [1.165, 1.54) is 4.90 Å². The maximum atomic E-state index is 13.4. The fourth-order valence-corrected chi connectivity index (χ4v) is 4.35. The van der Waals surface area contributed by atoms with E-state index in [1.807, 2.05) is 70.2 Å². The van der Waals surface area contributed by atoms with Gasteiger partial charge in [-0.1, -0.05) is 48.0 Å². The van der Waals surface area contributed by atoms with Gasteiger partial charge in [-0.3, -0.25) is 13.9 Å². The summed E-state index contributed by atoms with van der Waals surface area (Å²) in [5.41, 5.74) is 3.05. The minimum atomic E-state index is -3.73. The predicted octanol–water partition coefficient (Wildman–Crippen LogP) is 3.01. The molecule has 0 heterocycles. The standard InChI is InChI=1S/C24H33N3O4S/c1-17(2)25-24(29)20(5)26(15-21-10-8-7-9-11-21)23(28)16-27(32(6,30)31)22-13-12-18(3)14-19(22)4/h7-14,17,20H,15-16H2,1-6H3,(H,25,29). The molecule has 0 aliphatic heterocycles. The smallest absolute Gasteiger partial charge is 0.244 e. The molecule has 2 amide bonds. The summed E-state index contributed by atoms with van der Waals surface area (Å²) in [4.78, 5) is 27.6. The molecule has 0 radical (unpaired) electrons. The second-order valence-electron chi connectivity index (χ2n) is 8.41. The van der Waals surface area contributed by atoms with Crippen molar-refractivity contribution in [1.29, 1.82) is 0 Å². The van der Waals surface area contributed by atoms with Crippen molar-refractivity contribution in [2.45, 2.75) is 53.2 Å². The maximum Gasteiger partial charge on any atom is 0.244 e. The van der Waals surface area contributed by atoms with Gasteiger partial charge in [0.05, 0.1) is 11.9 Å². The Morgan fingerprint density at radius 3 is 2.16 bits per heavy atom. The Hall–Kier alpha value is -2.87. The normalized spacial score (nSPS) is 12.3. The number of aryl methyl sites for hydroxylation is 2. The number of amides is 2. The maximum absolute atomic E-state index is 13.4. The number of nitrogens with one attached hydrogen (secondary N) is 1. The summed E-state index contributed by atoms with van der Waals surface area (Å²) in [6.07, 6.45) is 1.08. The van der Waals surface area contributed by atoms with E-state index in [-0.39, 0.29) is 18.5 Å². The molecule has 2 aromatic rings. The molecule has 0 saturated carbocycles. The van der Waals surface area contributed by atoms with E-state index >= 15 is 0 Å². The van der Waals surface area contributed by atoms with Crippen LogP contribution in [0, 0.1) is 13.8 Å². The molecule has 0 bridgehead atoms. The Morgan fingerprint density at radius 2 is 1.62 bits per heavy atom. The molecule has 32 heavy (non-hydrogen) atoms. The van der Waals surface area contributed by atoms with E-state index in [0.717, 1.165) is 27.3 Å². The van der Waals surface area contributed by atoms with Gasteiger partial charge in [-0.25, -0.2) is 8.42 Å². The van der Waals surface area contributed by atoms with Crippen LogP contribution in [0.3, 0.4) is 0 Å². The van der Waals surface area contributed by atoms with Gasteiger partial charge in [0.2, 0.25) is 21.8 Å². The van der Waals surface area contributed by atoms with Gasteiger partial charge >= 0.3 is 0 Å². The summed E-state index contributed by atoms with van der Waals surface area (Å²) in [7, 11) is -3.73. The van der Waals surface area contributed by atoms with Gasteiger partial charge in [-0.15, -0.1) is 0 Å². The summed E-state index contributed by atoms with van der Waals surface area (Å²) < 4.78 is 26.3. The van der Waals surface area contributed by atoms with Crippen LogP contribution in [0.15, 0.2) is 48.5 Å². The molecule has 1 unspecified atom stereocenters. The third-order valence-electron chi connectivity index (χ3n) is 5.09. The van der Waals surface area contributed by atoms with Crippen LogP contribution in [0.4, 0.5) is 5.69 Å². The largest absolute Gasteiger partial charge is 0.352 e. The van der Waals surface area contributed by atoms with Crippen molar-refractivity contribution in [1.82, 2.24) is 10.2 Å². The van der Waals surface area contributed by atoms with E-state index < -0.39 is 28.5 Å². The fraction of sp³-hybridized carbons (Fsp3) is 0.417. The monoisotopic (exact) mass is 459 g/mol. The number of carbonyl (C=O) groups is 2. The highest BCUT2D eigenvalue weighted by atomic mass is 32.2. The first-order chi connectivity index (χ1) is 14.9. The Morgan fingerprint density at radius 1 is 1.00 bits per heavy atom. The van der Waals surface area contributed by atoms with Crippen molar-refractivity contribution in [2.75, 3.05) is 17.1 Å². The summed E-state index contributed by atoms with van der Waals surface area (Å²) in [5, 5.41) is 2.83. The minimum absolute atomic E-state index is 0.0821.